The van der Waals surface area contributed by atoms with Gasteiger partial charge in [0, 0.05) is 27.6 Å². The van der Waals surface area contributed by atoms with Crippen LogP contribution in [0.5, 0.6) is 0 Å². The highest BCUT2D eigenvalue weighted by Crippen LogP contribution is 2.34. The van der Waals surface area contributed by atoms with E-state index in [1.54, 1.807) is 0 Å². The molecule has 0 fully saturated rings. The molecule has 0 amide bonds. The lowest BCUT2D eigenvalue weighted by atomic mass is 9.99. The van der Waals surface area contributed by atoms with E-state index in [1.165, 1.54) is 21.8 Å². The Labute approximate surface area is 208 Å². The Kier molecular flexibility index (Phi) is 4.74. The lowest BCUT2D eigenvalue weighted by Crippen LogP contribution is -1.93. The molecule has 0 bridgehead atoms. The molecule has 0 aliphatic carbocycles. The van der Waals surface area contributed by atoms with E-state index >= 15 is 0 Å². The highest BCUT2D eigenvalue weighted by molar-refractivity contribution is 6.09. The van der Waals surface area contributed by atoms with Crippen molar-refractivity contribution in [1.29, 1.82) is 0 Å². The average molecular weight is 464 g/mol. The van der Waals surface area contributed by atoms with Gasteiger partial charge in [0.05, 0.1) is 11.0 Å². The van der Waals surface area contributed by atoms with Crippen LogP contribution in [0.25, 0.3) is 61.5 Å². The van der Waals surface area contributed by atoms with Crippen molar-refractivity contribution in [2.24, 2.45) is 0 Å². The van der Waals surface area contributed by atoms with E-state index in [4.69, 9.17) is 9.51 Å². The van der Waals surface area contributed by atoms with Crippen LogP contribution in [0.1, 0.15) is 0 Å². The van der Waals surface area contributed by atoms with Gasteiger partial charge in [-0.1, -0.05) is 96.2 Å². The minimum absolute atomic E-state index is 0.502. The maximum Gasteiger partial charge on any atom is 0.258 e. The van der Waals surface area contributed by atoms with Gasteiger partial charge in [-0.25, -0.2) is 0 Å². The molecule has 7 rings (SSSR count). The van der Waals surface area contributed by atoms with Gasteiger partial charge >= 0.3 is 0 Å². The summed E-state index contributed by atoms with van der Waals surface area (Å²) in [7, 11) is 0. The van der Waals surface area contributed by atoms with Gasteiger partial charge in [0.25, 0.3) is 5.89 Å². The van der Waals surface area contributed by atoms with Crippen LogP contribution in [-0.2, 0) is 0 Å². The van der Waals surface area contributed by atoms with Crippen molar-refractivity contribution in [3.63, 3.8) is 0 Å². The second-order valence-corrected chi connectivity index (χ2v) is 8.75. The molecule has 0 saturated heterocycles. The van der Waals surface area contributed by atoms with Gasteiger partial charge in [0.15, 0.2) is 0 Å². The first kappa shape index (κ1) is 20.4. The van der Waals surface area contributed by atoms with Gasteiger partial charge in [-0.15, -0.1) is 0 Å². The number of para-hydroxylation sites is 2. The molecular weight excluding hydrogens is 442 g/mol. The fourth-order valence-electron chi connectivity index (χ4n) is 4.95. The van der Waals surface area contributed by atoms with E-state index in [1.807, 2.05) is 48.5 Å². The highest BCUT2D eigenvalue weighted by Gasteiger charge is 2.16. The number of hydrogen-bond donors (Lipinski definition) is 0. The zero-order valence-electron chi connectivity index (χ0n) is 19.4. The van der Waals surface area contributed by atoms with Crippen molar-refractivity contribution in [3.05, 3.63) is 127 Å². The molecule has 5 aromatic carbocycles. The van der Waals surface area contributed by atoms with Gasteiger partial charge < -0.3 is 9.09 Å². The predicted octanol–water partition coefficient (Wildman–Crippen LogP) is 8.17. The normalized spacial score (nSPS) is 11.3. The summed E-state index contributed by atoms with van der Waals surface area (Å²) >= 11 is 0. The molecular formula is C32H21N3O. The third-order valence-corrected chi connectivity index (χ3v) is 6.63. The SMILES string of the molecule is c1ccc(-c2ccccc2-c2noc(-c3ccc(-n4c5ccccc5c5ccccc54)cc3)n2)cc1. The topological polar surface area (TPSA) is 43.9 Å². The molecule has 36 heavy (non-hydrogen) atoms. The Balaban J connectivity index is 1.27. The summed E-state index contributed by atoms with van der Waals surface area (Å²) in [4.78, 5) is 4.74. The number of hydrogen-bond acceptors (Lipinski definition) is 3. The minimum atomic E-state index is 0.502. The van der Waals surface area contributed by atoms with Crippen LogP contribution in [0.2, 0.25) is 0 Å². The van der Waals surface area contributed by atoms with Gasteiger partial charge in [0.1, 0.15) is 0 Å². The Morgan fingerprint density at radius 2 is 1.08 bits per heavy atom. The molecule has 0 unspecified atom stereocenters. The smallest absolute Gasteiger partial charge is 0.258 e. The molecule has 0 radical (unpaired) electrons. The Morgan fingerprint density at radius 3 is 1.78 bits per heavy atom. The van der Waals surface area contributed by atoms with Crippen LogP contribution in [-0.4, -0.2) is 14.7 Å². The largest absolute Gasteiger partial charge is 0.334 e. The third-order valence-electron chi connectivity index (χ3n) is 6.63. The zero-order chi connectivity index (χ0) is 23.9. The van der Waals surface area contributed by atoms with Crippen LogP contribution in [0.3, 0.4) is 0 Å². The molecule has 0 aliphatic heterocycles. The van der Waals surface area contributed by atoms with Crippen LogP contribution >= 0.6 is 0 Å². The fourth-order valence-corrected chi connectivity index (χ4v) is 4.95. The predicted molar refractivity (Wildman–Crippen MR) is 145 cm³/mol. The van der Waals surface area contributed by atoms with E-state index in [9.17, 15) is 0 Å². The highest BCUT2D eigenvalue weighted by atomic mass is 16.5. The average Bonchev–Trinajstić information content (AvgIpc) is 3.57. The van der Waals surface area contributed by atoms with Crippen molar-refractivity contribution < 1.29 is 4.52 Å². The molecule has 0 aliphatic rings. The Hall–Kier alpha value is -4.96. The van der Waals surface area contributed by atoms with E-state index < -0.39 is 0 Å². The molecule has 0 spiro atoms. The summed E-state index contributed by atoms with van der Waals surface area (Å²) < 4.78 is 7.99. The maximum atomic E-state index is 5.70. The summed E-state index contributed by atoms with van der Waals surface area (Å²) in [6.45, 7) is 0. The molecule has 2 heterocycles. The number of benzene rings is 5. The summed E-state index contributed by atoms with van der Waals surface area (Å²) in [5.41, 5.74) is 7.48. The number of fused-ring (bicyclic) bond motifs is 3. The molecule has 170 valence electrons. The zero-order valence-corrected chi connectivity index (χ0v) is 19.4. The number of nitrogens with zero attached hydrogens (tertiary/aromatic N) is 3. The lowest BCUT2D eigenvalue weighted by molar-refractivity contribution is 0.432. The molecule has 0 atom stereocenters. The Morgan fingerprint density at radius 1 is 0.500 bits per heavy atom. The van der Waals surface area contributed by atoms with E-state index in [-0.39, 0.29) is 0 Å². The van der Waals surface area contributed by atoms with Gasteiger partial charge in [-0.2, -0.15) is 4.98 Å². The summed E-state index contributed by atoms with van der Waals surface area (Å²) in [5.74, 6) is 1.08. The first-order valence-electron chi connectivity index (χ1n) is 11.9. The lowest BCUT2D eigenvalue weighted by Gasteiger charge is -2.08. The third kappa shape index (κ3) is 3.31. The van der Waals surface area contributed by atoms with Gasteiger partial charge in [-0.05, 0) is 47.5 Å². The second kappa shape index (κ2) is 8.36. The summed E-state index contributed by atoms with van der Waals surface area (Å²) in [5, 5.41) is 6.80. The minimum Gasteiger partial charge on any atom is -0.334 e. The standard InChI is InChI=1S/C32H21N3O/c1-2-10-22(11-3-1)25-12-4-5-15-28(25)31-33-32(36-34-31)23-18-20-24(21-19-23)35-29-16-8-6-13-26(29)27-14-7-9-17-30(27)35/h1-21H. The number of rotatable bonds is 4. The number of aromatic nitrogens is 3. The molecule has 0 N–H and O–H groups in total. The molecule has 4 nitrogen and oxygen atoms in total. The van der Waals surface area contributed by atoms with E-state index in [0.717, 1.165) is 27.9 Å². The molecule has 4 heteroatoms. The first-order valence-corrected chi connectivity index (χ1v) is 11.9. The van der Waals surface area contributed by atoms with Gasteiger partial charge in [-0.3, -0.25) is 0 Å². The van der Waals surface area contributed by atoms with Gasteiger partial charge in [0.2, 0.25) is 5.82 Å². The van der Waals surface area contributed by atoms with Crippen LogP contribution in [0.15, 0.2) is 132 Å². The first-order chi connectivity index (χ1) is 17.9. The summed E-state index contributed by atoms with van der Waals surface area (Å²) in [6, 6.07) is 43.7. The summed E-state index contributed by atoms with van der Waals surface area (Å²) in [6.07, 6.45) is 0. The molecule has 2 aromatic heterocycles. The van der Waals surface area contributed by atoms with Crippen molar-refractivity contribution in [2.75, 3.05) is 0 Å². The Bertz CT molecular complexity index is 1780. The van der Waals surface area contributed by atoms with Crippen molar-refractivity contribution in [2.45, 2.75) is 0 Å². The molecule has 7 aromatic rings. The van der Waals surface area contributed by atoms with Crippen LogP contribution < -0.4 is 0 Å². The van der Waals surface area contributed by atoms with Crippen molar-refractivity contribution in [1.82, 2.24) is 14.7 Å². The van der Waals surface area contributed by atoms with E-state index in [0.29, 0.717) is 11.7 Å². The quantitative estimate of drug-likeness (QED) is 0.264. The fraction of sp³-hybridized carbons (Fsp3) is 0. The van der Waals surface area contributed by atoms with Crippen molar-refractivity contribution >= 4 is 21.8 Å². The van der Waals surface area contributed by atoms with E-state index in [2.05, 4.69) is 88.6 Å². The second-order valence-electron chi connectivity index (χ2n) is 8.75. The monoisotopic (exact) mass is 463 g/mol. The van der Waals surface area contributed by atoms with Crippen LogP contribution in [0.4, 0.5) is 0 Å². The molecule has 0 saturated carbocycles. The van der Waals surface area contributed by atoms with Crippen LogP contribution in [0, 0.1) is 0 Å². The van der Waals surface area contributed by atoms with Crippen molar-refractivity contribution in [3.8, 4) is 39.7 Å². The maximum absolute atomic E-state index is 5.70.